The van der Waals surface area contributed by atoms with Crippen LogP contribution in [0.25, 0.3) is 0 Å². The van der Waals surface area contributed by atoms with Crippen LogP contribution in [0, 0.1) is 0 Å². The maximum absolute atomic E-state index is 4.13. The van der Waals surface area contributed by atoms with Crippen LogP contribution in [0.4, 0.5) is 0 Å². The minimum Gasteiger partial charge on any atom is -0.181 e. The summed E-state index contributed by atoms with van der Waals surface area (Å²) in [5, 5.41) is 6.27. The number of rotatable bonds is 0. The second-order valence-electron chi connectivity index (χ2n) is 4.11. The zero-order valence-corrected chi connectivity index (χ0v) is 11.6. The highest BCUT2D eigenvalue weighted by atomic mass is 33.1. The van der Waals surface area contributed by atoms with Crippen molar-refractivity contribution in [1.82, 2.24) is 0 Å². The van der Waals surface area contributed by atoms with Crippen molar-refractivity contribution in [2.45, 2.75) is 57.8 Å². The standard InChI is InChI=1S/C12H22N2S2/c1-2-4-6-8-10-12-15-16-14-13-11-9-7-5-3-1/h10,12H,1-9,11H2/b12-10-,14-13+. The molecule has 0 aromatic rings. The summed E-state index contributed by atoms with van der Waals surface area (Å²) in [7, 11) is 3.14. The number of allylic oxidation sites excluding steroid dienone is 1. The average Bonchev–Trinajstić information content (AvgIpc) is 2.29. The fourth-order valence-corrected chi connectivity index (χ4v) is 2.79. The molecule has 0 N–H and O–H groups in total. The van der Waals surface area contributed by atoms with E-state index in [4.69, 9.17) is 0 Å². The summed E-state index contributed by atoms with van der Waals surface area (Å²) in [6.07, 6.45) is 14.3. The van der Waals surface area contributed by atoms with E-state index in [2.05, 4.69) is 21.1 Å². The van der Waals surface area contributed by atoms with E-state index in [0.29, 0.717) is 0 Å². The van der Waals surface area contributed by atoms with Gasteiger partial charge in [-0.3, -0.25) is 0 Å². The molecule has 1 heterocycles. The summed E-state index contributed by atoms with van der Waals surface area (Å²) < 4.78 is 4.05. The van der Waals surface area contributed by atoms with Crippen molar-refractivity contribution in [2.24, 2.45) is 9.63 Å². The highest BCUT2D eigenvalue weighted by molar-refractivity contribution is 8.77. The Morgan fingerprint density at radius 3 is 2.31 bits per heavy atom. The highest BCUT2D eigenvalue weighted by Crippen LogP contribution is 2.24. The lowest BCUT2D eigenvalue weighted by Crippen LogP contribution is -1.83. The topological polar surface area (TPSA) is 24.7 Å². The number of nitrogens with zero attached hydrogens (tertiary/aromatic N) is 2. The molecule has 0 bridgehead atoms. The fraction of sp³-hybridized carbons (Fsp3) is 0.833. The largest absolute Gasteiger partial charge is 0.181 e. The van der Waals surface area contributed by atoms with E-state index >= 15 is 0 Å². The summed E-state index contributed by atoms with van der Waals surface area (Å²) in [5.74, 6) is 0. The van der Waals surface area contributed by atoms with Gasteiger partial charge < -0.3 is 0 Å². The van der Waals surface area contributed by atoms with E-state index < -0.39 is 0 Å². The van der Waals surface area contributed by atoms with Gasteiger partial charge in [-0.05, 0) is 35.5 Å². The summed E-state index contributed by atoms with van der Waals surface area (Å²) in [5.41, 5.74) is 0. The maximum atomic E-state index is 4.13. The van der Waals surface area contributed by atoms with Gasteiger partial charge in [-0.1, -0.05) is 44.6 Å². The molecule has 4 heteroatoms. The minimum absolute atomic E-state index is 0.900. The molecular weight excluding hydrogens is 236 g/mol. The van der Waals surface area contributed by atoms with E-state index in [1.165, 1.54) is 68.8 Å². The second-order valence-corrected chi connectivity index (χ2v) is 5.91. The molecule has 0 fully saturated rings. The highest BCUT2D eigenvalue weighted by Gasteiger charge is 1.92. The molecule has 0 aromatic carbocycles. The molecule has 0 atom stereocenters. The first-order chi connectivity index (χ1) is 8.00. The molecule has 16 heavy (non-hydrogen) atoms. The van der Waals surface area contributed by atoms with Crippen LogP contribution < -0.4 is 0 Å². The quantitative estimate of drug-likeness (QED) is 0.407. The van der Waals surface area contributed by atoms with E-state index in [-0.39, 0.29) is 0 Å². The van der Waals surface area contributed by atoms with Gasteiger partial charge in [0.25, 0.3) is 0 Å². The third-order valence-electron chi connectivity index (χ3n) is 2.66. The van der Waals surface area contributed by atoms with E-state index in [1.807, 2.05) is 0 Å². The lowest BCUT2D eigenvalue weighted by atomic mass is 10.1. The Kier molecular flexibility index (Phi) is 10.2. The predicted molar refractivity (Wildman–Crippen MR) is 75.6 cm³/mol. The van der Waals surface area contributed by atoms with Crippen LogP contribution in [0.2, 0.25) is 0 Å². The van der Waals surface area contributed by atoms with Crippen LogP contribution in [-0.4, -0.2) is 6.54 Å². The first-order valence-electron chi connectivity index (χ1n) is 6.34. The molecule has 0 saturated heterocycles. The zero-order valence-electron chi connectivity index (χ0n) is 9.94. The third kappa shape index (κ3) is 9.28. The number of hydrogen-bond donors (Lipinski definition) is 0. The average molecular weight is 258 g/mol. The Balaban J connectivity index is 2.14. The van der Waals surface area contributed by atoms with Crippen LogP contribution in [0.1, 0.15) is 57.8 Å². The van der Waals surface area contributed by atoms with Crippen molar-refractivity contribution < 1.29 is 0 Å². The molecule has 0 saturated carbocycles. The first-order valence-corrected chi connectivity index (χ1v) is 8.51. The van der Waals surface area contributed by atoms with Crippen LogP contribution in [0.3, 0.4) is 0 Å². The van der Waals surface area contributed by atoms with Gasteiger partial charge in [0.15, 0.2) is 0 Å². The summed E-state index contributed by atoms with van der Waals surface area (Å²) in [6, 6.07) is 0. The number of hydrogen-bond acceptors (Lipinski definition) is 4. The van der Waals surface area contributed by atoms with Gasteiger partial charge in [0.1, 0.15) is 0 Å². The van der Waals surface area contributed by atoms with Crippen molar-refractivity contribution in [3.8, 4) is 0 Å². The van der Waals surface area contributed by atoms with E-state index in [0.717, 1.165) is 6.54 Å². The summed E-state index contributed by atoms with van der Waals surface area (Å²) >= 11 is 0. The maximum Gasteiger partial charge on any atom is 0.0716 e. The Bertz CT molecular complexity index is 183. The zero-order chi connectivity index (χ0) is 11.3. The van der Waals surface area contributed by atoms with Crippen LogP contribution in [-0.2, 0) is 0 Å². The molecule has 0 amide bonds. The second kappa shape index (κ2) is 11.5. The minimum atomic E-state index is 0.900. The van der Waals surface area contributed by atoms with Gasteiger partial charge in [-0.25, -0.2) is 0 Å². The van der Waals surface area contributed by atoms with Gasteiger partial charge in [0, 0.05) is 0 Å². The molecule has 1 aliphatic rings. The van der Waals surface area contributed by atoms with Crippen molar-refractivity contribution in [1.29, 1.82) is 0 Å². The monoisotopic (exact) mass is 258 g/mol. The lowest BCUT2D eigenvalue weighted by Gasteiger charge is -2.00. The van der Waals surface area contributed by atoms with Crippen molar-refractivity contribution in [2.75, 3.05) is 6.54 Å². The van der Waals surface area contributed by atoms with Gasteiger partial charge in [0.05, 0.1) is 17.5 Å². The fourth-order valence-electron chi connectivity index (χ4n) is 1.72. The Morgan fingerprint density at radius 1 is 0.812 bits per heavy atom. The molecule has 2 nitrogen and oxygen atoms in total. The summed E-state index contributed by atoms with van der Waals surface area (Å²) in [6.45, 7) is 0.900. The van der Waals surface area contributed by atoms with Crippen molar-refractivity contribution in [3.63, 3.8) is 0 Å². The summed E-state index contributed by atoms with van der Waals surface area (Å²) in [4.78, 5) is 0. The Labute approximate surface area is 107 Å². The third-order valence-corrected chi connectivity index (χ3v) is 4.03. The molecule has 0 aromatic heterocycles. The lowest BCUT2D eigenvalue weighted by molar-refractivity contribution is 0.570. The van der Waals surface area contributed by atoms with Crippen LogP contribution in [0.15, 0.2) is 21.1 Å². The van der Waals surface area contributed by atoms with E-state index in [1.54, 1.807) is 10.8 Å². The van der Waals surface area contributed by atoms with Gasteiger partial charge in [-0.2, -0.15) is 5.11 Å². The van der Waals surface area contributed by atoms with E-state index in [9.17, 15) is 0 Å². The molecular formula is C12H22N2S2. The SMILES string of the molecule is C1=C\SS/N=N/CCCCCCCCCC/1. The molecule has 0 spiro atoms. The smallest absolute Gasteiger partial charge is 0.0716 e. The van der Waals surface area contributed by atoms with Crippen molar-refractivity contribution in [3.05, 3.63) is 11.5 Å². The Hall–Kier alpha value is 0.0400. The Morgan fingerprint density at radius 2 is 1.50 bits per heavy atom. The molecule has 92 valence electrons. The molecule has 0 unspecified atom stereocenters. The normalized spacial score (nSPS) is 26.0. The van der Waals surface area contributed by atoms with Gasteiger partial charge >= 0.3 is 0 Å². The molecule has 1 aliphatic heterocycles. The molecule has 0 radical (unpaired) electrons. The van der Waals surface area contributed by atoms with Crippen LogP contribution in [0.5, 0.6) is 0 Å². The van der Waals surface area contributed by atoms with Crippen molar-refractivity contribution >= 4 is 21.8 Å². The van der Waals surface area contributed by atoms with Crippen LogP contribution >= 0.6 is 21.8 Å². The van der Waals surface area contributed by atoms with Gasteiger partial charge in [0.2, 0.25) is 0 Å². The molecule has 0 aliphatic carbocycles. The molecule has 1 rings (SSSR count). The first kappa shape index (κ1) is 14.1. The predicted octanol–water partition coefficient (Wildman–Crippen LogP) is 5.77. The van der Waals surface area contributed by atoms with Gasteiger partial charge in [-0.15, -0.1) is 4.52 Å².